The molecule has 1 saturated heterocycles. The molecule has 2 aromatic heterocycles. The lowest BCUT2D eigenvalue weighted by Crippen LogP contribution is -2.46. The van der Waals surface area contributed by atoms with Crippen molar-refractivity contribution < 1.29 is 9.47 Å². The molecule has 162 valence electrons. The quantitative estimate of drug-likeness (QED) is 0.524. The van der Waals surface area contributed by atoms with Crippen LogP contribution < -0.4 is 9.47 Å². The number of rotatable bonds is 6. The van der Waals surface area contributed by atoms with E-state index < -0.39 is 0 Å². The van der Waals surface area contributed by atoms with E-state index in [0.29, 0.717) is 12.8 Å². The Kier molecular flexibility index (Phi) is 5.06. The molecule has 4 heterocycles. The Balaban J connectivity index is 1.11. The molecule has 2 fully saturated rings. The fourth-order valence-electron chi connectivity index (χ4n) is 4.32. The van der Waals surface area contributed by atoms with Gasteiger partial charge in [0.1, 0.15) is 0 Å². The summed E-state index contributed by atoms with van der Waals surface area (Å²) < 4.78 is 16.1. The highest BCUT2D eigenvalue weighted by Crippen LogP contribution is 2.39. The van der Waals surface area contributed by atoms with Crippen LogP contribution in [0.4, 0.5) is 0 Å². The van der Waals surface area contributed by atoms with Crippen LogP contribution in [0.15, 0.2) is 35.7 Å². The number of benzene rings is 1. The largest absolute Gasteiger partial charge is 0.454 e. The second kappa shape index (κ2) is 8.05. The SMILES string of the molecule is S=c1n(CN2CCN(Cc3ccc4c(c3)OCO4)CC2)nc(-c2cccs2)n1C1CC1. The van der Waals surface area contributed by atoms with Gasteiger partial charge in [0.05, 0.1) is 11.5 Å². The van der Waals surface area contributed by atoms with Crippen molar-refractivity contribution >= 4 is 23.6 Å². The monoisotopic (exact) mass is 455 g/mol. The summed E-state index contributed by atoms with van der Waals surface area (Å²) in [4.78, 5) is 6.15. The van der Waals surface area contributed by atoms with Crippen LogP contribution in [0.5, 0.6) is 11.5 Å². The minimum Gasteiger partial charge on any atom is -0.454 e. The Labute approximate surface area is 190 Å². The molecule has 0 atom stereocenters. The summed E-state index contributed by atoms with van der Waals surface area (Å²) in [5, 5.41) is 7.04. The van der Waals surface area contributed by atoms with Gasteiger partial charge in [0.15, 0.2) is 22.1 Å². The molecule has 0 N–H and O–H groups in total. The summed E-state index contributed by atoms with van der Waals surface area (Å²) in [7, 11) is 0. The van der Waals surface area contributed by atoms with Gasteiger partial charge in [-0.1, -0.05) is 12.1 Å². The zero-order valence-corrected chi connectivity index (χ0v) is 18.9. The van der Waals surface area contributed by atoms with E-state index in [0.717, 1.165) is 61.5 Å². The van der Waals surface area contributed by atoms with Gasteiger partial charge in [-0.3, -0.25) is 14.4 Å². The number of aromatic nitrogens is 3. The van der Waals surface area contributed by atoms with Crippen molar-refractivity contribution in [2.24, 2.45) is 0 Å². The molecule has 0 spiro atoms. The Morgan fingerprint density at radius 3 is 2.61 bits per heavy atom. The third kappa shape index (κ3) is 3.91. The normalized spacial score (nSPS) is 19.2. The van der Waals surface area contributed by atoms with Gasteiger partial charge in [0, 0.05) is 38.8 Å². The summed E-state index contributed by atoms with van der Waals surface area (Å²) in [5.74, 6) is 2.74. The van der Waals surface area contributed by atoms with Crippen LogP contribution in [0.2, 0.25) is 0 Å². The first-order valence-corrected chi connectivity index (χ1v) is 12.1. The molecule has 7 nitrogen and oxygen atoms in total. The Hall–Kier alpha value is -2.20. The second-order valence-corrected chi connectivity index (χ2v) is 9.72. The van der Waals surface area contributed by atoms with Crippen molar-refractivity contribution in [1.82, 2.24) is 24.1 Å². The Bertz CT molecular complexity index is 1130. The van der Waals surface area contributed by atoms with Gasteiger partial charge < -0.3 is 9.47 Å². The first-order valence-electron chi connectivity index (χ1n) is 10.8. The highest BCUT2D eigenvalue weighted by atomic mass is 32.1. The van der Waals surface area contributed by atoms with E-state index >= 15 is 0 Å². The third-order valence-electron chi connectivity index (χ3n) is 6.17. The predicted molar refractivity (Wildman–Crippen MR) is 122 cm³/mol. The van der Waals surface area contributed by atoms with E-state index in [1.807, 2.05) is 10.7 Å². The molecule has 31 heavy (non-hydrogen) atoms. The second-order valence-electron chi connectivity index (χ2n) is 8.41. The number of fused-ring (bicyclic) bond motifs is 1. The number of nitrogens with zero attached hydrogens (tertiary/aromatic N) is 5. The molecule has 9 heteroatoms. The smallest absolute Gasteiger partial charge is 0.231 e. The van der Waals surface area contributed by atoms with E-state index in [-0.39, 0.29) is 0 Å². The summed E-state index contributed by atoms with van der Waals surface area (Å²) in [6.45, 7) is 6.10. The number of hydrogen-bond donors (Lipinski definition) is 0. The van der Waals surface area contributed by atoms with E-state index in [1.165, 1.54) is 23.3 Å². The van der Waals surface area contributed by atoms with Gasteiger partial charge in [-0.05, 0) is 54.2 Å². The van der Waals surface area contributed by atoms with Crippen LogP contribution in [0.25, 0.3) is 10.7 Å². The van der Waals surface area contributed by atoms with Crippen molar-refractivity contribution in [3.8, 4) is 22.2 Å². The number of thiophene rings is 1. The molecular weight excluding hydrogens is 430 g/mol. The first-order chi connectivity index (χ1) is 15.2. The van der Waals surface area contributed by atoms with Gasteiger partial charge in [-0.25, -0.2) is 4.68 Å². The predicted octanol–water partition coefficient (Wildman–Crippen LogP) is 3.98. The van der Waals surface area contributed by atoms with Crippen LogP contribution in [0.1, 0.15) is 24.4 Å². The maximum absolute atomic E-state index is 5.83. The maximum atomic E-state index is 5.83. The van der Waals surface area contributed by atoms with Crippen molar-refractivity contribution in [1.29, 1.82) is 0 Å². The van der Waals surface area contributed by atoms with E-state index in [9.17, 15) is 0 Å². The molecule has 6 rings (SSSR count). The molecule has 2 aliphatic heterocycles. The molecular formula is C22H25N5O2S2. The van der Waals surface area contributed by atoms with Crippen molar-refractivity contribution in [3.63, 3.8) is 0 Å². The lowest BCUT2D eigenvalue weighted by Gasteiger charge is -2.34. The topological polar surface area (TPSA) is 47.7 Å². The van der Waals surface area contributed by atoms with Crippen LogP contribution in [0, 0.1) is 4.77 Å². The summed E-state index contributed by atoms with van der Waals surface area (Å²) >= 11 is 7.56. The molecule has 0 radical (unpaired) electrons. The first kappa shape index (κ1) is 19.5. The van der Waals surface area contributed by atoms with Crippen molar-refractivity contribution in [2.45, 2.75) is 32.1 Å². The Morgan fingerprint density at radius 2 is 1.84 bits per heavy atom. The molecule has 1 aromatic carbocycles. The van der Waals surface area contributed by atoms with Crippen molar-refractivity contribution in [3.05, 3.63) is 46.0 Å². The number of ether oxygens (including phenoxy) is 2. The lowest BCUT2D eigenvalue weighted by atomic mass is 10.1. The standard InChI is InChI=1S/C22H25N5O2S2/c30-22-26(23-21(20-2-1-11-31-20)27(22)17-4-5-17)14-25-9-7-24(8-10-25)13-16-3-6-18-19(12-16)29-15-28-18/h1-3,6,11-12,17H,4-5,7-10,13-15H2. The highest BCUT2D eigenvalue weighted by molar-refractivity contribution is 7.71. The third-order valence-corrected chi connectivity index (χ3v) is 7.44. The maximum Gasteiger partial charge on any atom is 0.231 e. The average Bonchev–Trinajstić information content (AvgIpc) is 3.16. The summed E-state index contributed by atoms with van der Waals surface area (Å²) in [5.41, 5.74) is 1.27. The number of piperazine rings is 1. The van der Waals surface area contributed by atoms with Gasteiger partial charge >= 0.3 is 0 Å². The van der Waals surface area contributed by atoms with Crippen LogP contribution >= 0.6 is 23.6 Å². The molecule has 0 unspecified atom stereocenters. The minimum absolute atomic E-state index is 0.324. The Morgan fingerprint density at radius 1 is 1.03 bits per heavy atom. The molecule has 3 aliphatic rings. The van der Waals surface area contributed by atoms with E-state index in [2.05, 4.69) is 44.0 Å². The van der Waals surface area contributed by atoms with Crippen LogP contribution in [0.3, 0.4) is 0 Å². The van der Waals surface area contributed by atoms with Gasteiger partial charge in [-0.2, -0.15) is 0 Å². The zero-order chi connectivity index (χ0) is 20.8. The van der Waals surface area contributed by atoms with E-state index in [1.54, 1.807) is 11.3 Å². The molecule has 0 bridgehead atoms. The number of hydrogen-bond acceptors (Lipinski definition) is 7. The molecule has 0 amide bonds. The van der Waals surface area contributed by atoms with Gasteiger partial charge in [0.25, 0.3) is 0 Å². The summed E-state index contributed by atoms with van der Waals surface area (Å²) in [6.07, 6.45) is 2.41. The van der Waals surface area contributed by atoms with Crippen LogP contribution in [-0.2, 0) is 13.2 Å². The molecule has 1 saturated carbocycles. The van der Waals surface area contributed by atoms with Crippen molar-refractivity contribution in [2.75, 3.05) is 33.0 Å². The van der Waals surface area contributed by atoms with Crippen LogP contribution in [-0.4, -0.2) is 57.1 Å². The zero-order valence-electron chi connectivity index (χ0n) is 17.3. The fraction of sp³-hybridized carbons (Fsp3) is 0.455. The molecule has 3 aromatic rings. The highest BCUT2D eigenvalue weighted by Gasteiger charge is 2.30. The molecule has 1 aliphatic carbocycles. The minimum atomic E-state index is 0.324. The average molecular weight is 456 g/mol. The summed E-state index contributed by atoms with van der Waals surface area (Å²) in [6, 6.07) is 11.0. The van der Waals surface area contributed by atoms with E-state index in [4.69, 9.17) is 26.8 Å². The van der Waals surface area contributed by atoms with Gasteiger partial charge in [-0.15, -0.1) is 16.4 Å². The van der Waals surface area contributed by atoms with Gasteiger partial charge in [0.2, 0.25) is 6.79 Å². The lowest BCUT2D eigenvalue weighted by molar-refractivity contribution is 0.0980. The fourth-order valence-corrected chi connectivity index (χ4v) is 5.36.